The summed E-state index contributed by atoms with van der Waals surface area (Å²) in [6.45, 7) is 2.04. The molecular weight excluding hydrogens is 466 g/mol. The van der Waals surface area contributed by atoms with Crippen LogP contribution >= 0.6 is 28.1 Å². The molecule has 2 amide bonds. The van der Waals surface area contributed by atoms with Gasteiger partial charge in [-0.25, -0.2) is 0 Å². The van der Waals surface area contributed by atoms with E-state index in [1.807, 2.05) is 25.1 Å². The number of amides is 2. The number of unbranched alkanes of at least 4 members (excludes halogenated alkanes) is 1. The van der Waals surface area contributed by atoms with Gasteiger partial charge in [-0.15, -0.1) is 0 Å². The fourth-order valence-electron chi connectivity index (χ4n) is 2.55. The van der Waals surface area contributed by atoms with Crippen LogP contribution in [0.3, 0.4) is 0 Å². The maximum absolute atomic E-state index is 12.2. The second kappa shape index (κ2) is 12.1. The normalized spacial score (nSPS) is 10.5. The Kier molecular flexibility index (Phi) is 9.50. The van der Waals surface area contributed by atoms with E-state index in [1.165, 1.54) is 6.08 Å². The van der Waals surface area contributed by atoms with Crippen LogP contribution in [0.2, 0.25) is 0 Å². The van der Waals surface area contributed by atoms with Crippen LogP contribution in [0, 0.1) is 0 Å². The van der Waals surface area contributed by atoms with E-state index in [0.29, 0.717) is 23.5 Å². The maximum Gasteiger partial charge on any atom is 0.250 e. The lowest BCUT2D eigenvalue weighted by Crippen LogP contribution is -2.32. The number of ether oxygens (including phenoxy) is 1. The second-order valence-corrected chi connectivity index (χ2v) is 7.72. The molecule has 0 bridgehead atoms. The maximum atomic E-state index is 12.2. The molecule has 0 atom stereocenters. The first-order chi connectivity index (χ1) is 14.4. The van der Waals surface area contributed by atoms with E-state index in [-0.39, 0.29) is 16.9 Å². The molecular formula is C22H24BrN3O3S. The minimum atomic E-state index is -0.376. The summed E-state index contributed by atoms with van der Waals surface area (Å²) < 4.78 is 6.16. The molecule has 0 aromatic heterocycles. The molecule has 0 fully saturated rings. The van der Waals surface area contributed by atoms with Gasteiger partial charge in [-0.05, 0) is 61.1 Å². The van der Waals surface area contributed by atoms with Crippen molar-refractivity contribution in [1.82, 2.24) is 5.32 Å². The lowest BCUT2D eigenvalue weighted by atomic mass is 10.2. The van der Waals surface area contributed by atoms with E-state index in [9.17, 15) is 9.59 Å². The quantitative estimate of drug-likeness (QED) is 0.354. The van der Waals surface area contributed by atoms with Crippen LogP contribution in [0.5, 0.6) is 5.75 Å². The van der Waals surface area contributed by atoms with E-state index in [0.717, 1.165) is 22.9 Å². The third-order valence-corrected chi connectivity index (χ3v) is 4.70. The zero-order chi connectivity index (χ0) is 21.9. The van der Waals surface area contributed by atoms with Crippen molar-refractivity contribution in [1.29, 1.82) is 0 Å². The Balaban J connectivity index is 1.92. The summed E-state index contributed by atoms with van der Waals surface area (Å²) in [6, 6.07) is 12.6. The molecule has 0 aliphatic heterocycles. The molecule has 2 aromatic carbocycles. The molecule has 6 nitrogen and oxygen atoms in total. The lowest BCUT2D eigenvalue weighted by Gasteiger charge is -2.10. The standard InChI is InChI=1S/C22H24BrN3O3S/c1-3-4-8-20(27)24-17-6-5-7-18(14-17)25-22(30)26-21(28)12-9-15-13-16(23)10-11-19(15)29-2/h5-7,9-14H,3-4,8H2,1-2H3,(H,24,27)(H2,25,26,28,30)/b12-9-. The molecule has 0 aliphatic rings. The highest BCUT2D eigenvalue weighted by Crippen LogP contribution is 2.24. The molecule has 158 valence electrons. The first kappa shape index (κ1) is 23.6. The fraction of sp³-hybridized carbons (Fsp3) is 0.227. The third-order valence-electron chi connectivity index (χ3n) is 4.00. The molecule has 2 aromatic rings. The van der Waals surface area contributed by atoms with Crippen molar-refractivity contribution in [2.24, 2.45) is 0 Å². The lowest BCUT2D eigenvalue weighted by molar-refractivity contribution is -0.116. The Morgan fingerprint density at radius 1 is 1.13 bits per heavy atom. The fourth-order valence-corrected chi connectivity index (χ4v) is 3.15. The molecule has 0 spiro atoms. The molecule has 8 heteroatoms. The zero-order valence-electron chi connectivity index (χ0n) is 16.8. The Labute approximate surface area is 190 Å². The van der Waals surface area contributed by atoms with E-state index in [4.69, 9.17) is 17.0 Å². The number of anilines is 2. The Morgan fingerprint density at radius 2 is 1.87 bits per heavy atom. The van der Waals surface area contributed by atoms with Gasteiger partial charge in [-0.2, -0.15) is 0 Å². The highest BCUT2D eigenvalue weighted by molar-refractivity contribution is 9.10. The van der Waals surface area contributed by atoms with Crippen molar-refractivity contribution < 1.29 is 14.3 Å². The van der Waals surface area contributed by atoms with Crippen molar-refractivity contribution in [2.45, 2.75) is 26.2 Å². The zero-order valence-corrected chi connectivity index (χ0v) is 19.2. The van der Waals surface area contributed by atoms with Crippen molar-refractivity contribution >= 4 is 62.5 Å². The monoisotopic (exact) mass is 489 g/mol. The van der Waals surface area contributed by atoms with Crippen LogP contribution < -0.4 is 20.7 Å². The van der Waals surface area contributed by atoms with Crippen molar-refractivity contribution in [2.75, 3.05) is 17.7 Å². The van der Waals surface area contributed by atoms with Crippen LogP contribution in [0.15, 0.2) is 53.0 Å². The van der Waals surface area contributed by atoms with Gasteiger partial charge < -0.3 is 15.4 Å². The smallest absolute Gasteiger partial charge is 0.250 e. The minimum Gasteiger partial charge on any atom is -0.496 e. The SMILES string of the molecule is CCCCC(=O)Nc1cccc(NC(=S)NC(=O)/C=C\c2cc(Br)ccc2OC)c1. The number of nitrogens with one attached hydrogen (secondary N) is 3. The van der Waals surface area contributed by atoms with Crippen molar-refractivity contribution in [3.63, 3.8) is 0 Å². The summed E-state index contributed by atoms with van der Waals surface area (Å²) in [5.41, 5.74) is 2.08. The van der Waals surface area contributed by atoms with E-state index >= 15 is 0 Å². The second-order valence-electron chi connectivity index (χ2n) is 6.40. The topological polar surface area (TPSA) is 79.5 Å². The number of methoxy groups -OCH3 is 1. The molecule has 0 unspecified atom stereocenters. The van der Waals surface area contributed by atoms with Gasteiger partial charge in [0, 0.05) is 33.9 Å². The number of benzene rings is 2. The summed E-state index contributed by atoms with van der Waals surface area (Å²) in [7, 11) is 1.57. The number of hydrogen-bond donors (Lipinski definition) is 3. The number of carbonyl (C=O) groups is 2. The highest BCUT2D eigenvalue weighted by Gasteiger charge is 2.06. The van der Waals surface area contributed by atoms with E-state index in [1.54, 1.807) is 37.5 Å². The molecule has 0 saturated heterocycles. The summed E-state index contributed by atoms with van der Waals surface area (Å²) in [5.74, 6) is 0.247. The summed E-state index contributed by atoms with van der Waals surface area (Å²) >= 11 is 8.60. The summed E-state index contributed by atoms with van der Waals surface area (Å²) in [6.07, 6.45) is 5.32. The number of thiocarbonyl (C=S) groups is 1. The van der Waals surface area contributed by atoms with Crippen LogP contribution in [0.4, 0.5) is 11.4 Å². The largest absolute Gasteiger partial charge is 0.496 e. The minimum absolute atomic E-state index is 0.0296. The summed E-state index contributed by atoms with van der Waals surface area (Å²) in [5, 5.41) is 8.54. The molecule has 30 heavy (non-hydrogen) atoms. The number of hydrogen-bond acceptors (Lipinski definition) is 4. The Morgan fingerprint density at radius 3 is 2.57 bits per heavy atom. The van der Waals surface area contributed by atoms with Gasteiger partial charge in [-0.1, -0.05) is 35.3 Å². The average Bonchev–Trinajstić information content (AvgIpc) is 2.71. The molecule has 3 N–H and O–H groups in total. The summed E-state index contributed by atoms with van der Waals surface area (Å²) in [4.78, 5) is 24.1. The van der Waals surface area contributed by atoms with Gasteiger partial charge in [0.05, 0.1) is 7.11 Å². The molecule has 0 aliphatic carbocycles. The van der Waals surface area contributed by atoms with Crippen LogP contribution in [-0.4, -0.2) is 24.0 Å². The third kappa shape index (κ3) is 7.96. The van der Waals surface area contributed by atoms with Crippen molar-refractivity contribution in [3.05, 3.63) is 58.6 Å². The van der Waals surface area contributed by atoms with Gasteiger partial charge in [0.25, 0.3) is 0 Å². The van der Waals surface area contributed by atoms with Gasteiger partial charge in [0.1, 0.15) is 5.75 Å². The number of carbonyl (C=O) groups excluding carboxylic acids is 2. The molecule has 2 rings (SSSR count). The molecule has 0 radical (unpaired) electrons. The average molecular weight is 490 g/mol. The predicted molar refractivity (Wildman–Crippen MR) is 129 cm³/mol. The first-order valence-electron chi connectivity index (χ1n) is 9.44. The van der Waals surface area contributed by atoms with Gasteiger partial charge in [0.15, 0.2) is 5.11 Å². The first-order valence-corrected chi connectivity index (χ1v) is 10.6. The van der Waals surface area contributed by atoms with Crippen LogP contribution in [0.25, 0.3) is 6.08 Å². The molecule has 0 heterocycles. The predicted octanol–water partition coefficient (Wildman–Crippen LogP) is 5.11. The number of rotatable bonds is 8. The number of halogens is 1. The Bertz CT molecular complexity index is 947. The van der Waals surface area contributed by atoms with Crippen LogP contribution in [0.1, 0.15) is 31.7 Å². The molecule has 0 saturated carbocycles. The highest BCUT2D eigenvalue weighted by atomic mass is 79.9. The van der Waals surface area contributed by atoms with Crippen molar-refractivity contribution in [3.8, 4) is 5.75 Å². The van der Waals surface area contributed by atoms with Crippen LogP contribution in [-0.2, 0) is 9.59 Å². The van der Waals surface area contributed by atoms with E-state index in [2.05, 4.69) is 31.9 Å². The Hall–Kier alpha value is -2.71. The van der Waals surface area contributed by atoms with Gasteiger partial charge in [0.2, 0.25) is 11.8 Å². The van der Waals surface area contributed by atoms with E-state index < -0.39 is 0 Å². The van der Waals surface area contributed by atoms with Gasteiger partial charge >= 0.3 is 0 Å². The van der Waals surface area contributed by atoms with Gasteiger partial charge in [-0.3, -0.25) is 14.9 Å².